The monoisotopic (exact) mass is 310 g/mol. The summed E-state index contributed by atoms with van der Waals surface area (Å²) >= 11 is 4.25. The molecule has 0 aliphatic rings. The van der Waals surface area contributed by atoms with Gasteiger partial charge in [-0.05, 0) is 5.92 Å². The number of hydrogen-bond acceptors (Lipinski definition) is 1. The van der Waals surface area contributed by atoms with Crippen molar-refractivity contribution in [2.75, 3.05) is 6.61 Å². The molecule has 0 N–H and O–H groups in total. The Bertz CT molecular complexity index is 238. The third-order valence-corrected chi connectivity index (χ3v) is 1.32. The average molecular weight is 312 g/mol. The number of halogens is 2. The molecule has 0 heterocycles. The van der Waals surface area contributed by atoms with E-state index in [-0.39, 0.29) is 5.82 Å². The van der Waals surface area contributed by atoms with Crippen molar-refractivity contribution in [2.45, 2.75) is 13.8 Å². The first-order valence-electron chi connectivity index (χ1n) is 4.25. The fourth-order valence-corrected chi connectivity index (χ4v) is 0.738. The zero-order valence-corrected chi connectivity index (χ0v) is 12.9. The zero-order chi connectivity index (χ0) is 11.0. The van der Waals surface area contributed by atoms with Gasteiger partial charge in [0.15, 0.2) is 0 Å². The van der Waals surface area contributed by atoms with E-state index in [1.807, 2.05) is 0 Å². The van der Waals surface area contributed by atoms with Gasteiger partial charge >= 0.3 is 30.0 Å². The fourth-order valence-electron chi connectivity index (χ4n) is 0.738. The molecule has 1 rings (SSSR count). The predicted molar refractivity (Wildman–Crippen MR) is 54.5 cm³/mol. The van der Waals surface area contributed by atoms with Crippen LogP contribution in [-0.2, 0) is 16.3 Å². The van der Waals surface area contributed by atoms with Gasteiger partial charge in [0.05, 0.1) is 6.61 Å². The maximum atomic E-state index is 12.4. The van der Waals surface area contributed by atoms with Crippen molar-refractivity contribution < 1.29 is 25.5 Å². The van der Waals surface area contributed by atoms with Crippen LogP contribution in [-0.4, -0.2) is 6.61 Å². The van der Waals surface area contributed by atoms with Gasteiger partial charge in [0.25, 0.3) is 0 Å². The molecule has 0 atom stereocenters. The third-order valence-electron chi connectivity index (χ3n) is 1.32. The van der Waals surface area contributed by atoms with Crippen molar-refractivity contribution >= 4 is 13.6 Å². The van der Waals surface area contributed by atoms with Crippen LogP contribution in [0.4, 0.5) is 4.39 Å². The van der Waals surface area contributed by atoms with Gasteiger partial charge < -0.3 is 4.74 Å². The van der Waals surface area contributed by atoms with E-state index in [1.54, 1.807) is 6.07 Å². The van der Waals surface area contributed by atoms with E-state index < -0.39 is 0 Å². The number of hydrogen-bond donors (Lipinski definition) is 0. The van der Waals surface area contributed by atoms with Crippen molar-refractivity contribution in [2.24, 2.45) is 5.92 Å². The second-order valence-electron chi connectivity index (χ2n) is 3.08. The normalized spacial score (nSPS) is 9.36. The summed E-state index contributed by atoms with van der Waals surface area (Å²) in [5, 5.41) is 0. The van der Waals surface area contributed by atoms with Crippen LogP contribution < -0.4 is 4.74 Å². The summed E-state index contributed by atoms with van der Waals surface area (Å²) in [5.41, 5.74) is 0. The molecule has 4 heteroatoms. The van der Waals surface area contributed by atoms with Gasteiger partial charge in [0.1, 0.15) is 0 Å². The summed E-state index contributed by atoms with van der Waals surface area (Å²) in [5.74, 6) is 0.792. The summed E-state index contributed by atoms with van der Waals surface area (Å²) in [7, 11) is 0. The molecule has 0 saturated carbocycles. The van der Waals surface area contributed by atoms with Crippen LogP contribution in [0.2, 0.25) is 0 Å². The molecule has 0 bridgehead atoms. The van der Waals surface area contributed by atoms with E-state index in [1.165, 1.54) is 28.5 Å². The average Bonchev–Trinajstić information content (AvgIpc) is 2.20. The van der Waals surface area contributed by atoms with Crippen LogP contribution in [0, 0.1) is 17.8 Å². The summed E-state index contributed by atoms with van der Waals surface area (Å²) < 4.78 is 17.7. The predicted octanol–water partition coefficient (Wildman–Crippen LogP) is 3.50. The summed E-state index contributed by atoms with van der Waals surface area (Å²) in [6.45, 7) is 4.76. The van der Waals surface area contributed by atoms with Gasteiger partial charge in [-0.2, -0.15) is 0 Å². The van der Waals surface area contributed by atoms with E-state index in [2.05, 4.69) is 33.5 Å². The Morgan fingerprint density at radius 3 is 2.57 bits per heavy atom. The van der Waals surface area contributed by atoms with Gasteiger partial charge in [-0.25, -0.2) is 0 Å². The number of benzene rings is 1. The van der Waals surface area contributed by atoms with Crippen LogP contribution in [0.25, 0.3) is 0 Å². The summed E-state index contributed by atoms with van der Waals surface area (Å²) in [6, 6.07) is 6.92. The molecule has 0 radical (unpaired) electrons. The molecule has 0 aromatic heterocycles. The molecule has 0 saturated heterocycles. The molecule has 0 fully saturated rings. The Labute approximate surface area is 101 Å². The van der Waals surface area contributed by atoms with Gasteiger partial charge in [-0.3, -0.25) is 4.39 Å². The Kier molecular flexibility index (Phi) is 8.40. The van der Waals surface area contributed by atoms with Crippen LogP contribution in [0.15, 0.2) is 18.2 Å². The van der Waals surface area contributed by atoms with Crippen molar-refractivity contribution in [1.82, 2.24) is 0 Å². The molecule has 14 heavy (non-hydrogen) atoms. The first-order valence-corrected chi connectivity index (χ1v) is 11.2. The first kappa shape index (κ1) is 14.1. The Balaban J connectivity index is 0.000000791. The molecule has 0 aliphatic heterocycles. The van der Waals surface area contributed by atoms with Crippen LogP contribution >= 0.6 is 13.6 Å². The van der Waals surface area contributed by atoms with Crippen LogP contribution in [0.5, 0.6) is 5.75 Å². The van der Waals surface area contributed by atoms with E-state index in [4.69, 9.17) is 4.74 Å². The molecular weight excluding hydrogens is 300 g/mol. The summed E-state index contributed by atoms with van der Waals surface area (Å²) in [4.78, 5) is 0. The van der Waals surface area contributed by atoms with Crippen LogP contribution in [0.1, 0.15) is 13.8 Å². The Hall–Kier alpha value is 0.0534. The first-order chi connectivity index (χ1) is 6.68. The molecule has 0 amide bonds. The standard InChI is InChI=1S/C10H12FO.BrH.Zn/c1-8(2)7-12-10-5-3-9(11)4-6-10;;/h3-5,8H,7H2,1-2H3;1H;/q-1;;+2/p-1. The van der Waals surface area contributed by atoms with Gasteiger partial charge in [-0.15, -0.1) is 24.3 Å². The number of ether oxygens (including phenoxy) is 1. The van der Waals surface area contributed by atoms with Crippen molar-refractivity contribution in [1.29, 1.82) is 0 Å². The molecule has 0 spiro atoms. The second kappa shape index (κ2) is 8.37. The molecule has 1 nitrogen and oxygen atoms in total. The van der Waals surface area contributed by atoms with Crippen molar-refractivity contribution in [3.63, 3.8) is 0 Å². The molecule has 1 aromatic rings. The fraction of sp³-hybridized carbons (Fsp3) is 0.400. The topological polar surface area (TPSA) is 9.23 Å². The Morgan fingerprint density at radius 1 is 1.50 bits per heavy atom. The number of rotatable bonds is 3. The summed E-state index contributed by atoms with van der Waals surface area (Å²) in [6.07, 6.45) is 0. The third kappa shape index (κ3) is 6.50. The second-order valence-corrected chi connectivity index (χ2v) is 3.08. The Morgan fingerprint density at radius 2 is 2.14 bits per heavy atom. The maximum absolute atomic E-state index is 12.4. The minimum atomic E-state index is -0.285. The molecular formula is C10H12BrFOZn. The SMILES string of the molecule is CC(C)COc1[c-]cc(F)cc1.[Zn+][Br]. The molecule has 0 aliphatic carbocycles. The minimum absolute atomic E-state index is 0.285. The van der Waals surface area contributed by atoms with E-state index in [0.717, 1.165) is 0 Å². The van der Waals surface area contributed by atoms with Gasteiger partial charge in [0, 0.05) is 11.6 Å². The van der Waals surface area contributed by atoms with Gasteiger partial charge in [0.2, 0.25) is 0 Å². The van der Waals surface area contributed by atoms with E-state index in [0.29, 0.717) is 18.3 Å². The van der Waals surface area contributed by atoms with Crippen molar-refractivity contribution in [3.8, 4) is 5.75 Å². The molecule has 0 unspecified atom stereocenters. The van der Waals surface area contributed by atoms with E-state index in [9.17, 15) is 4.39 Å². The zero-order valence-electron chi connectivity index (χ0n) is 8.39. The van der Waals surface area contributed by atoms with Gasteiger partial charge in [-0.1, -0.05) is 13.8 Å². The quantitative estimate of drug-likeness (QED) is 0.613. The molecule has 74 valence electrons. The van der Waals surface area contributed by atoms with Crippen LogP contribution in [0.3, 0.4) is 0 Å². The molecule has 1 aromatic carbocycles. The van der Waals surface area contributed by atoms with E-state index >= 15 is 0 Å². The van der Waals surface area contributed by atoms with Crippen molar-refractivity contribution in [3.05, 3.63) is 30.1 Å².